The van der Waals surface area contributed by atoms with Gasteiger partial charge in [0, 0.05) is 31.0 Å². The van der Waals surface area contributed by atoms with Gasteiger partial charge in [-0.2, -0.15) is 0 Å². The Kier molecular flexibility index (Phi) is 8.36. The molecule has 2 fully saturated rings. The van der Waals surface area contributed by atoms with Crippen LogP contribution in [0.4, 0.5) is 16.2 Å². The Balaban J connectivity index is 1.47. The lowest BCUT2D eigenvalue weighted by Crippen LogP contribution is -2.58. The van der Waals surface area contributed by atoms with Crippen LogP contribution in [0.5, 0.6) is 0 Å². The van der Waals surface area contributed by atoms with E-state index in [1.54, 1.807) is 9.80 Å². The monoisotopic (exact) mass is 505 g/mol. The van der Waals surface area contributed by atoms with E-state index in [9.17, 15) is 14.4 Å². The number of hydrogen-bond donors (Lipinski definition) is 2. The second kappa shape index (κ2) is 11.7. The number of nitrogens with zero attached hydrogens (tertiary/aromatic N) is 3. The summed E-state index contributed by atoms with van der Waals surface area (Å²) in [6.07, 6.45) is 2.84. The summed E-state index contributed by atoms with van der Waals surface area (Å²) < 4.78 is 0. The van der Waals surface area contributed by atoms with E-state index in [-0.39, 0.29) is 24.4 Å². The summed E-state index contributed by atoms with van der Waals surface area (Å²) in [5.74, 6) is 0.224. The average Bonchev–Trinajstić information content (AvgIpc) is 3.18. The molecule has 4 amide bonds. The molecular weight excluding hydrogens is 466 g/mol. The third-order valence-corrected chi connectivity index (χ3v) is 7.78. The summed E-state index contributed by atoms with van der Waals surface area (Å²) in [6, 6.07) is 17.6. The fourth-order valence-corrected chi connectivity index (χ4v) is 5.21. The molecule has 2 saturated heterocycles. The second-order valence-electron chi connectivity index (χ2n) is 10.2. The molecule has 0 saturated carbocycles. The largest absolute Gasteiger partial charge is 0.354 e. The molecule has 1 atom stereocenters. The van der Waals surface area contributed by atoms with Crippen molar-refractivity contribution in [3.8, 4) is 0 Å². The van der Waals surface area contributed by atoms with E-state index in [0.717, 1.165) is 29.8 Å². The summed E-state index contributed by atoms with van der Waals surface area (Å²) in [4.78, 5) is 45.2. The number of likely N-dealkylation sites (tertiary alicyclic amines) is 1. The molecule has 2 N–H and O–H groups in total. The first kappa shape index (κ1) is 26.5. The summed E-state index contributed by atoms with van der Waals surface area (Å²) in [5.41, 5.74) is 2.10. The number of piperidine rings is 1. The van der Waals surface area contributed by atoms with E-state index in [0.29, 0.717) is 45.1 Å². The molecule has 0 radical (unpaired) electrons. The van der Waals surface area contributed by atoms with Crippen molar-refractivity contribution in [2.75, 3.05) is 43.1 Å². The van der Waals surface area contributed by atoms with E-state index >= 15 is 0 Å². The van der Waals surface area contributed by atoms with Gasteiger partial charge >= 0.3 is 6.03 Å². The van der Waals surface area contributed by atoms with Gasteiger partial charge in [-0.3, -0.25) is 9.59 Å². The molecule has 0 aliphatic carbocycles. The molecule has 198 valence electrons. The Morgan fingerprint density at radius 3 is 2.35 bits per heavy atom. The lowest BCUT2D eigenvalue weighted by Gasteiger charge is -2.43. The Bertz CT molecular complexity index is 1100. The quantitative estimate of drug-likeness (QED) is 0.566. The minimum Gasteiger partial charge on any atom is -0.354 e. The van der Waals surface area contributed by atoms with Crippen molar-refractivity contribution in [3.63, 3.8) is 0 Å². The number of hydrogen-bond acceptors (Lipinski definition) is 4. The Labute approximate surface area is 220 Å². The number of nitrogens with one attached hydrogen (secondary N) is 2. The molecule has 2 aliphatic rings. The van der Waals surface area contributed by atoms with E-state index in [4.69, 9.17) is 0 Å². The minimum atomic E-state index is -0.767. The molecule has 2 aromatic rings. The molecule has 37 heavy (non-hydrogen) atoms. The first-order valence-electron chi connectivity index (χ1n) is 13.4. The van der Waals surface area contributed by atoms with Gasteiger partial charge in [-0.05, 0) is 48.9 Å². The van der Waals surface area contributed by atoms with Crippen LogP contribution in [0.3, 0.4) is 0 Å². The summed E-state index contributed by atoms with van der Waals surface area (Å²) in [6.45, 7) is 8.18. The molecule has 8 nitrogen and oxygen atoms in total. The van der Waals surface area contributed by atoms with Gasteiger partial charge in [0.25, 0.3) is 5.91 Å². The number of para-hydroxylation sites is 2. The normalized spacial score (nSPS) is 17.7. The fraction of sp³-hybridized carbons (Fsp3) is 0.483. The lowest BCUT2D eigenvalue weighted by atomic mass is 9.85. The van der Waals surface area contributed by atoms with Crippen LogP contribution in [0, 0.1) is 5.92 Å². The van der Waals surface area contributed by atoms with Crippen LogP contribution in [-0.4, -0.2) is 66.0 Å². The van der Waals surface area contributed by atoms with Gasteiger partial charge in [0.2, 0.25) is 5.91 Å². The third-order valence-electron chi connectivity index (χ3n) is 7.78. The van der Waals surface area contributed by atoms with Gasteiger partial charge in [0.1, 0.15) is 12.1 Å². The molecule has 1 spiro atoms. The molecule has 1 unspecified atom stereocenters. The van der Waals surface area contributed by atoms with Gasteiger partial charge in [-0.25, -0.2) is 4.79 Å². The average molecular weight is 506 g/mol. The van der Waals surface area contributed by atoms with Crippen LogP contribution in [0.1, 0.15) is 45.6 Å². The van der Waals surface area contributed by atoms with E-state index in [1.807, 2.05) is 54.6 Å². The number of urea groups is 1. The summed E-state index contributed by atoms with van der Waals surface area (Å²) >= 11 is 0. The van der Waals surface area contributed by atoms with Crippen molar-refractivity contribution in [1.82, 2.24) is 15.1 Å². The predicted octanol–water partition coefficient (Wildman–Crippen LogP) is 4.08. The molecule has 8 heteroatoms. The van der Waals surface area contributed by atoms with Crippen LogP contribution in [0.15, 0.2) is 54.6 Å². The number of benzene rings is 2. The van der Waals surface area contributed by atoms with Crippen LogP contribution in [-0.2, 0) is 16.0 Å². The van der Waals surface area contributed by atoms with Crippen molar-refractivity contribution in [2.24, 2.45) is 5.92 Å². The maximum absolute atomic E-state index is 13.8. The predicted molar refractivity (Wildman–Crippen MR) is 146 cm³/mol. The van der Waals surface area contributed by atoms with E-state index in [2.05, 4.69) is 36.3 Å². The molecule has 2 heterocycles. The molecule has 4 rings (SSSR count). The summed E-state index contributed by atoms with van der Waals surface area (Å²) in [7, 11) is 0. The highest BCUT2D eigenvalue weighted by molar-refractivity contribution is 5.97. The molecule has 0 bridgehead atoms. The van der Waals surface area contributed by atoms with E-state index < -0.39 is 5.54 Å². The number of carbonyl (C=O) groups is 3. The van der Waals surface area contributed by atoms with Gasteiger partial charge in [-0.1, -0.05) is 63.6 Å². The highest BCUT2D eigenvalue weighted by Gasteiger charge is 2.54. The molecule has 2 aliphatic heterocycles. The number of carbonyl (C=O) groups excluding carboxylic acids is 3. The maximum atomic E-state index is 13.8. The van der Waals surface area contributed by atoms with E-state index in [1.165, 1.54) is 0 Å². The van der Waals surface area contributed by atoms with Crippen LogP contribution in [0.2, 0.25) is 0 Å². The van der Waals surface area contributed by atoms with Crippen molar-refractivity contribution in [3.05, 3.63) is 60.2 Å². The number of aryl methyl sites for hydroxylation is 1. The van der Waals surface area contributed by atoms with Gasteiger partial charge in [0.15, 0.2) is 0 Å². The van der Waals surface area contributed by atoms with Crippen molar-refractivity contribution >= 4 is 29.2 Å². The highest BCUT2D eigenvalue weighted by atomic mass is 16.2. The maximum Gasteiger partial charge on any atom is 0.321 e. The zero-order valence-corrected chi connectivity index (χ0v) is 22.2. The number of amides is 4. The topological polar surface area (TPSA) is 85.0 Å². The SMILES string of the molecule is CCc1ccccc1NC(=O)N1CCC2(CC1)C(=O)N(CC(=O)NCC(C)CC)CN2c1ccccc1. The van der Waals surface area contributed by atoms with Crippen molar-refractivity contribution < 1.29 is 14.4 Å². The lowest BCUT2D eigenvalue weighted by molar-refractivity contribution is -0.137. The molecule has 0 aromatic heterocycles. The zero-order chi connectivity index (χ0) is 26.4. The number of rotatable bonds is 8. The van der Waals surface area contributed by atoms with Crippen molar-refractivity contribution in [2.45, 2.75) is 52.0 Å². The first-order chi connectivity index (χ1) is 17.9. The highest BCUT2D eigenvalue weighted by Crippen LogP contribution is 2.39. The zero-order valence-electron chi connectivity index (χ0n) is 22.2. The molecular formula is C29H39N5O3. The minimum absolute atomic E-state index is 0.0357. The van der Waals surface area contributed by atoms with Crippen LogP contribution in [0.25, 0.3) is 0 Å². The van der Waals surface area contributed by atoms with Crippen LogP contribution >= 0.6 is 0 Å². The Morgan fingerprint density at radius 2 is 1.68 bits per heavy atom. The van der Waals surface area contributed by atoms with Crippen molar-refractivity contribution in [1.29, 1.82) is 0 Å². The Morgan fingerprint density at radius 1 is 1.00 bits per heavy atom. The first-order valence-corrected chi connectivity index (χ1v) is 13.4. The smallest absolute Gasteiger partial charge is 0.321 e. The Hall–Kier alpha value is -3.55. The summed E-state index contributed by atoms with van der Waals surface area (Å²) in [5, 5.41) is 6.02. The van der Waals surface area contributed by atoms with Gasteiger partial charge in [0.05, 0.1) is 6.67 Å². The second-order valence-corrected chi connectivity index (χ2v) is 10.2. The van der Waals surface area contributed by atoms with Crippen LogP contribution < -0.4 is 15.5 Å². The fourth-order valence-electron chi connectivity index (χ4n) is 5.21. The van der Waals surface area contributed by atoms with Gasteiger partial charge in [-0.15, -0.1) is 0 Å². The standard InChI is InChI=1S/C29H39N5O3/c1-4-22(3)19-30-26(35)20-33-21-34(24-12-7-6-8-13-24)29(27(33)36)15-17-32(18-16-29)28(37)31-25-14-10-9-11-23(25)5-2/h6-14,22H,4-5,15-21H2,1-3H3,(H,30,35)(H,31,37). The molecule has 2 aromatic carbocycles. The number of anilines is 2. The van der Waals surface area contributed by atoms with Gasteiger partial charge < -0.3 is 25.3 Å². The third kappa shape index (κ3) is 5.73.